The molecule has 0 aliphatic heterocycles. The van der Waals surface area contributed by atoms with Gasteiger partial charge in [0.15, 0.2) is 0 Å². The summed E-state index contributed by atoms with van der Waals surface area (Å²) >= 11 is 3.28. The van der Waals surface area contributed by atoms with Crippen molar-refractivity contribution in [1.29, 1.82) is 0 Å². The van der Waals surface area contributed by atoms with Crippen molar-refractivity contribution in [1.82, 2.24) is 9.97 Å². The largest absolute Gasteiger partial charge is 0.352 e. The number of aromatic nitrogens is 2. The van der Waals surface area contributed by atoms with Crippen molar-refractivity contribution in [3.8, 4) is 0 Å². The fourth-order valence-corrected chi connectivity index (χ4v) is 0.914. The van der Waals surface area contributed by atoms with Crippen LogP contribution in [-0.2, 0) is 0 Å². The normalized spacial score (nSPS) is 12.6. The highest BCUT2D eigenvalue weighted by Gasteiger charge is 1.99. The van der Waals surface area contributed by atoms with Crippen molar-refractivity contribution >= 4 is 21.9 Å². The molecule has 12 heavy (non-hydrogen) atoms. The van der Waals surface area contributed by atoms with Gasteiger partial charge in [-0.3, -0.25) is 0 Å². The quantitative estimate of drug-likeness (QED) is 0.866. The van der Waals surface area contributed by atoms with E-state index in [1.165, 1.54) is 0 Å². The Morgan fingerprint density at radius 3 is 2.58 bits per heavy atom. The molecular formula is C8H12BrN3. The molecule has 66 valence electrons. The lowest BCUT2D eigenvalue weighted by Gasteiger charge is -2.09. The van der Waals surface area contributed by atoms with Gasteiger partial charge in [0, 0.05) is 18.4 Å². The van der Waals surface area contributed by atoms with Gasteiger partial charge in [-0.2, -0.15) is 0 Å². The lowest BCUT2D eigenvalue weighted by atomic mass is 10.3. The van der Waals surface area contributed by atoms with E-state index in [2.05, 4.69) is 45.1 Å². The summed E-state index contributed by atoms with van der Waals surface area (Å²) in [5.41, 5.74) is 0. The van der Waals surface area contributed by atoms with Crippen LogP contribution in [-0.4, -0.2) is 16.0 Å². The van der Waals surface area contributed by atoms with E-state index in [9.17, 15) is 0 Å². The molecule has 0 fully saturated rings. The first-order valence-electron chi connectivity index (χ1n) is 3.96. The number of nitrogens with zero attached hydrogens (tertiary/aromatic N) is 2. The molecule has 0 spiro atoms. The fourth-order valence-electron chi connectivity index (χ4n) is 0.709. The fraction of sp³-hybridized carbons (Fsp3) is 0.500. The standard InChI is InChI=1S/C8H12BrN3/c1-3-6(2)12-8-10-4-7(9)5-11-8/h4-6H,3H2,1-2H3,(H,10,11,12). The lowest BCUT2D eigenvalue weighted by molar-refractivity contribution is 0.752. The van der Waals surface area contributed by atoms with Crippen LogP contribution < -0.4 is 5.32 Å². The minimum atomic E-state index is 0.422. The minimum absolute atomic E-state index is 0.422. The monoisotopic (exact) mass is 229 g/mol. The number of anilines is 1. The lowest BCUT2D eigenvalue weighted by Crippen LogP contribution is -2.15. The zero-order chi connectivity index (χ0) is 8.97. The van der Waals surface area contributed by atoms with E-state index >= 15 is 0 Å². The van der Waals surface area contributed by atoms with Gasteiger partial charge in [-0.15, -0.1) is 0 Å². The molecule has 1 aromatic heterocycles. The van der Waals surface area contributed by atoms with E-state index < -0.39 is 0 Å². The van der Waals surface area contributed by atoms with Gasteiger partial charge in [-0.1, -0.05) is 6.92 Å². The van der Waals surface area contributed by atoms with Gasteiger partial charge in [-0.25, -0.2) is 9.97 Å². The van der Waals surface area contributed by atoms with Crippen LogP contribution in [0.1, 0.15) is 20.3 Å². The topological polar surface area (TPSA) is 37.8 Å². The smallest absolute Gasteiger partial charge is 0.222 e. The van der Waals surface area contributed by atoms with Crippen molar-refractivity contribution < 1.29 is 0 Å². The van der Waals surface area contributed by atoms with Crippen LogP contribution in [0.5, 0.6) is 0 Å². The van der Waals surface area contributed by atoms with E-state index in [-0.39, 0.29) is 0 Å². The predicted octanol–water partition coefficient (Wildman–Crippen LogP) is 2.45. The Morgan fingerprint density at radius 1 is 1.50 bits per heavy atom. The first-order chi connectivity index (χ1) is 5.72. The molecule has 0 saturated heterocycles. The summed E-state index contributed by atoms with van der Waals surface area (Å²) in [7, 11) is 0. The van der Waals surface area contributed by atoms with Crippen LogP contribution in [0.3, 0.4) is 0 Å². The Hall–Kier alpha value is -0.640. The highest BCUT2D eigenvalue weighted by molar-refractivity contribution is 9.10. The summed E-state index contributed by atoms with van der Waals surface area (Å²) in [5, 5.41) is 3.18. The summed E-state index contributed by atoms with van der Waals surface area (Å²) in [6.45, 7) is 4.22. The van der Waals surface area contributed by atoms with Gasteiger partial charge in [0.25, 0.3) is 0 Å². The van der Waals surface area contributed by atoms with Gasteiger partial charge in [0.2, 0.25) is 5.95 Å². The molecule has 0 radical (unpaired) electrons. The van der Waals surface area contributed by atoms with Crippen LogP contribution in [0.25, 0.3) is 0 Å². The second kappa shape index (κ2) is 4.40. The van der Waals surface area contributed by atoms with Gasteiger partial charge in [-0.05, 0) is 29.3 Å². The zero-order valence-electron chi connectivity index (χ0n) is 7.21. The molecule has 1 unspecified atom stereocenters. The van der Waals surface area contributed by atoms with E-state index in [1.807, 2.05) is 0 Å². The van der Waals surface area contributed by atoms with Crippen LogP contribution in [0.2, 0.25) is 0 Å². The summed E-state index contributed by atoms with van der Waals surface area (Å²) in [6, 6.07) is 0.422. The number of hydrogen-bond acceptors (Lipinski definition) is 3. The Kier molecular flexibility index (Phi) is 3.47. The predicted molar refractivity (Wildman–Crippen MR) is 53.1 cm³/mol. The molecule has 0 amide bonds. The molecule has 1 atom stereocenters. The zero-order valence-corrected chi connectivity index (χ0v) is 8.80. The highest BCUT2D eigenvalue weighted by atomic mass is 79.9. The summed E-state index contributed by atoms with van der Waals surface area (Å²) in [5.74, 6) is 0.688. The molecule has 1 heterocycles. The maximum Gasteiger partial charge on any atom is 0.222 e. The maximum absolute atomic E-state index is 4.10. The molecule has 3 nitrogen and oxygen atoms in total. The van der Waals surface area contributed by atoms with Gasteiger partial charge in [0.1, 0.15) is 0 Å². The van der Waals surface area contributed by atoms with E-state index in [1.54, 1.807) is 12.4 Å². The van der Waals surface area contributed by atoms with Gasteiger partial charge >= 0.3 is 0 Å². The molecule has 1 N–H and O–H groups in total. The molecule has 4 heteroatoms. The van der Waals surface area contributed by atoms with Crippen molar-refractivity contribution in [2.75, 3.05) is 5.32 Å². The van der Waals surface area contributed by atoms with Crippen LogP contribution in [0.15, 0.2) is 16.9 Å². The van der Waals surface area contributed by atoms with E-state index in [4.69, 9.17) is 0 Å². The SMILES string of the molecule is CCC(C)Nc1ncc(Br)cn1. The van der Waals surface area contributed by atoms with Crippen molar-refractivity contribution in [2.24, 2.45) is 0 Å². The Balaban J connectivity index is 2.58. The van der Waals surface area contributed by atoms with Crippen LogP contribution in [0.4, 0.5) is 5.95 Å². The maximum atomic E-state index is 4.10. The Labute approximate surface area is 80.7 Å². The Bertz CT molecular complexity index is 235. The molecule has 0 saturated carbocycles. The third-order valence-electron chi connectivity index (χ3n) is 1.61. The third-order valence-corrected chi connectivity index (χ3v) is 2.02. The first kappa shape index (κ1) is 9.45. The van der Waals surface area contributed by atoms with Gasteiger partial charge in [0.05, 0.1) is 4.47 Å². The number of nitrogens with one attached hydrogen (secondary N) is 1. The summed E-state index contributed by atoms with van der Waals surface area (Å²) in [6.07, 6.45) is 4.54. The molecule has 1 aromatic rings. The molecular weight excluding hydrogens is 218 g/mol. The van der Waals surface area contributed by atoms with Crippen molar-refractivity contribution in [3.63, 3.8) is 0 Å². The number of halogens is 1. The number of hydrogen-bond donors (Lipinski definition) is 1. The molecule has 1 rings (SSSR count). The molecule has 0 aliphatic carbocycles. The van der Waals surface area contributed by atoms with Crippen molar-refractivity contribution in [2.45, 2.75) is 26.3 Å². The summed E-state index contributed by atoms with van der Waals surface area (Å²) < 4.78 is 0.900. The van der Waals surface area contributed by atoms with Gasteiger partial charge < -0.3 is 5.32 Å². The minimum Gasteiger partial charge on any atom is -0.352 e. The second-order valence-corrected chi connectivity index (χ2v) is 3.59. The second-order valence-electron chi connectivity index (χ2n) is 2.68. The average Bonchev–Trinajstić information content (AvgIpc) is 2.09. The summed E-state index contributed by atoms with van der Waals surface area (Å²) in [4.78, 5) is 8.19. The molecule has 0 aliphatic rings. The molecule has 0 aromatic carbocycles. The van der Waals surface area contributed by atoms with E-state index in [0.29, 0.717) is 12.0 Å². The van der Waals surface area contributed by atoms with Crippen LogP contribution >= 0.6 is 15.9 Å². The third kappa shape index (κ3) is 2.77. The van der Waals surface area contributed by atoms with Crippen LogP contribution in [0, 0.1) is 0 Å². The number of rotatable bonds is 3. The van der Waals surface area contributed by atoms with E-state index in [0.717, 1.165) is 10.9 Å². The average molecular weight is 230 g/mol. The Morgan fingerprint density at radius 2 is 2.08 bits per heavy atom. The first-order valence-corrected chi connectivity index (χ1v) is 4.75. The molecule has 0 bridgehead atoms. The van der Waals surface area contributed by atoms with Crippen molar-refractivity contribution in [3.05, 3.63) is 16.9 Å². The highest BCUT2D eigenvalue weighted by Crippen LogP contribution is 2.07.